The Labute approximate surface area is 99.8 Å². The first-order chi connectivity index (χ1) is 8.10. The summed E-state index contributed by atoms with van der Waals surface area (Å²) < 4.78 is 4.84. The first-order valence-electron chi connectivity index (χ1n) is 5.87. The molecular weight excluding hydrogens is 222 g/mol. The monoisotopic (exact) mass is 239 g/mol. The van der Waals surface area contributed by atoms with Gasteiger partial charge in [0.05, 0.1) is 5.92 Å². The molecule has 1 spiro atoms. The molecule has 2 atom stereocenters. The molecule has 2 aliphatic rings. The van der Waals surface area contributed by atoms with E-state index in [0.29, 0.717) is 6.42 Å². The number of carboxylic acids is 1. The van der Waals surface area contributed by atoms with Crippen molar-refractivity contribution >= 4 is 12.1 Å². The third-order valence-corrected chi connectivity index (χ3v) is 4.07. The highest BCUT2D eigenvalue weighted by atomic mass is 16.5. The molecule has 2 fully saturated rings. The van der Waals surface area contributed by atoms with Crippen LogP contribution in [0.15, 0.2) is 12.7 Å². The fourth-order valence-corrected chi connectivity index (χ4v) is 2.94. The van der Waals surface area contributed by atoms with Crippen molar-refractivity contribution in [3.63, 3.8) is 0 Å². The van der Waals surface area contributed by atoms with Gasteiger partial charge in [-0.1, -0.05) is 19.1 Å². The van der Waals surface area contributed by atoms with Crippen molar-refractivity contribution in [2.24, 2.45) is 11.3 Å². The lowest BCUT2D eigenvalue weighted by molar-refractivity contribution is -0.167. The van der Waals surface area contributed by atoms with Crippen LogP contribution in [-0.4, -0.2) is 29.8 Å². The highest BCUT2D eigenvalue weighted by Crippen LogP contribution is 2.59. The number of carbonyl (C=O) groups is 2. The molecule has 94 valence electrons. The Balaban J connectivity index is 1.89. The van der Waals surface area contributed by atoms with Crippen LogP contribution in [0.2, 0.25) is 0 Å². The molecule has 0 bridgehead atoms. The number of alkyl carbamates (subject to hydrolysis) is 1. The Bertz CT molecular complexity index is 348. The average molecular weight is 239 g/mol. The number of nitrogens with one attached hydrogen (secondary N) is 1. The first-order valence-corrected chi connectivity index (χ1v) is 5.87. The van der Waals surface area contributed by atoms with E-state index in [-0.39, 0.29) is 24.0 Å². The van der Waals surface area contributed by atoms with Crippen LogP contribution in [0.1, 0.15) is 25.7 Å². The maximum atomic E-state index is 11.4. The molecule has 2 aliphatic carbocycles. The molecule has 0 aromatic rings. The number of carbonyl (C=O) groups excluding carboxylic acids is 1. The number of aliphatic carboxylic acids is 1. The van der Waals surface area contributed by atoms with E-state index in [1.165, 1.54) is 6.08 Å². The minimum absolute atomic E-state index is 0.0466. The van der Waals surface area contributed by atoms with Crippen molar-refractivity contribution in [1.82, 2.24) is 5.32 Å². The zero-order valence-corrected chi connectivity index (χ0v) is 9.65. The standard InChI is InChI=1S/C12H17NO4/c1-2-6-17-11(16)13-9-7-8(10(14)15)12(9)4-3-5-12/h2,8-9H,1,3-7H2,(H,13,16)(H,14,15)/t8-,9-/m0/s1. The fraction of sp³-hybridized carbons (Fsp3) is 0.667. The van der Waals surface area contributed by atoms with E-state index in [9.17, 15) is 9.59 Å². The van der Waals surface area contributed by atoms with E-state index in [1.54, 1.807) is 0 Å². The van der Waals surface area contributed by atoms with Gasteiger partial charge in [-0.2, -0.15) is 0 Å². The van der Waals surface area contributed by atoms with Crippen LogP contribution in [0, 0.1) is 11.3 Å². The zero-order chi connectivity index (χ0) is 12.5. The van der Waals surface area contributed by atoms with Crippen LogP contribution in [-0.2, 0) is 9.53 Å². The Hall–Kier alpha value is -1.52. The fourth-order valence-electron chi connectivity index (χ4n) is 2.94. The van der Waals surface area contributed by atoms with Crippen molar-refractivity contribution in [2.75, 3.05) is 6.61 Å². The molecule has 0 unspecified atom stereocenters. The Kier molecular flexibility index (Phi) is 3.09. The van der Waals surface area contributed by atoms with Crippen molar-refractivity contribution in [2.45, 2.75) is 31.7 Å². The third kappa shape index (κ3) is 1.90. The lowest BCUT2D eigenvalue weighted by atomic mass is 9.47. The minimum Gasteiger partial charge on any atom is -0.481 e. The minimum atomic E-state index is -0.748. The second-order valence-electron chi connectivity index (χ2n) is 4.80. The second-order valence-corrected chi connectivity index (χ2v) is 4.80. The van der Waals surface area contributed by atoms with Gasteiger partial charge in [-0.25, -0.2) is 4.79 Å². The van der Waals surface area contributed by atoms with Crippen molar-refractivity contribution in [3.05, 3.63) is 12.7 Å². The van der Waals surface area contributed by atoms with Gasteiger partial charge in [0.25, 0.3) is 0 Å². The van der Waals surface area contributed by atoms with Crippen molar-refractivity contribution in [3.8, 4) is 0 Å². The predicted octanol–water partition coefficient (Wildman–Crippen LogP) is 1.54. The quantitative estimate of drug-likeness (QED) is 0.730. The summed E-state index contributed by atoms with van der Waals surface area (Å²) in [5, 5.41) is 11.8. The molecule has 0 saturated heterocycles. The molecule has 1 amide bonds. The van der Waals surface area contributed by atoms with Crippen LogP contribution >= 0.6 is 0 Å². The summed E-state index contributed by atoms with van der Waals surface area (Å²) in [6.45, 7) is 3.63. The summed E-state index contributed by atoms with van der Waals surface area (Å²) in [6.07, 6.45) is 4.35. The molecule has 0 aliphatic heterocycles. The molecule has 0 radical (unpaired) electrons. The second kappa shape index (κ2) is 4.39. The largest absolute Gasteiger partial charge is 0.481 e. The van der Waals surface area contributed by atoms with E-state index >= 15 is 0 Å². The predicted molar refractivity (Wildman–Crippen MR) is 60.5 cm³/mol. The Morgan fingerprint density at radius 1 is 1.53 bits per heavy atom. The van der Waals surface area contributed by atoms with E-state index in [0.717, 1.165) is 19.3 Å². The molecule has 5 nitrogen and oxygen atoms in total. The van der Waals surface area contributed by atoms with Gasteiger partial charge in [0.15, 0.2) is 0 Å². The normalized spacial score (nSPS) is 28.7. The molecule has 0 heterocycles. The maximum absolute atomic E-state index is 11.4. The van der Waals surface area contributed by atoms with Crippen LogP contribution in [0.3, 0.4) is 0 Å². The van der Waals surface area contributed by atoms with Crippen LogP contribution in [0.4, 0.5) is 4.79 Å². The zero-order valence-electron chi connectivity index (χ0n) is 9.65. The summed E-state index contributed by atoms with van der Waals surface area (Å²) in [5.41, 5.74) is -0.209. The number of amides is 1. The molecule has 0 aromatic heterocycles. The van der Waals surface area contributed by atoms with Gasteiger partial charge >= 0.3 is 12.1 Å². The molecule has 2 N–H and O–H groups in total. The Morgan fingerprint density at radius 3 is 2.71 bits per heavy atom. The molecule has 17 heavy (non-hydrogen) atoms. The van der Waals surface area contributed by atoms with Gasteiger partial charge in [-0.15, -0.1) is 0 Å². The number of carboxylic acid groups (broad SMARTS) is 1. The van der Waals surface area contributed by atoms with Gasteiger partial charge in [0.1, 0.15) is 6.61 Å². The van der Waals surface area contributed by atoms with Gasteiger partial charge in [-0.05, 0) is 19.3 Å². The lowest BCUT2D eigenvalue weighted by Crippen LogP contribution is -2.66. The summed E-state index contributed by atoms with van der Waals surface area (Å²) in [6, 6.07) is -0.0466. The summed E-state index contributed by atoms with van der Waals surface area (Å²) in [7, 11) is 0. The number of hydrogen-bond acceptors (Lipinski definition) is 3. The smallest absolute Gasteiger partial charge is 0.407 e. The van der Waals surface area contributed by atoms with E-state index < -0.39 is 12.1 Å². The third-order valence-electron chi connectivity index (χ3n) is 4.07. The van der Waals surface area contributed by atoms with Gasteiger partial charge in [0, 0.05) is 11.5 Å². The average Bonchev–Trinajstić information content (AvgIpc) is 2.17. The van der Waals surface area contributed by atoms with Crippen molar-refractivity contribution < 1.29 is 19.4 Å². The van der Waals surface area contributed by atoms with E-state index in [4.69, 9.17) is 9.84 Å². The molecular formula is C12H17NO4. The first kappa shape index (κ1) is 12.0. The molecule has 0 aromatic carbocycles. The number of ether oxygens (including phenoxy) is 1. The SMILES string of the molecule is C=CCOC(=O)N[C@H]1C[C@@H](C(=O)O)C12CCC2. The summed E-state index contributed by atoms with van der Waals surface area (Å²) >= 11 is 0. The van der Waals surface area contributed by atoms with Gasteiger partial charge in [-0.3, -0.25) is 4.79 Å². The van der Waals surface area contributed by atoms with Gasteiger partial charge < -0.3 is 15.2 Å². The summed E-state index contributed by atoms with van der Waals surface area (Å²) in [5.74, 6) is -1.05. The number of hydrogen-bond donors (Lipinski definition) is 2. The molecule has 5 heteroatoms. The van der Waals surface area contributed by atoms with Crippen LogP contribution < -0.4 is 5.32 Å². The topological polar surface area (TPSA) is 75.6 Å². The molecule has 2 saturated carbocycles. The van der Waals surface area contributed by atoms with Crippen molar-refractivity contribution in [1.29, 1.82) is 0 Å². The summed E-state index contributed by atoms with van der Waals surface area (Å²) in [4.78, 5) is 22.4. The Morgan fingerprint density at radius 2 is 2.24 bits per heavy atom. The highest BCUT2D eigenvalue weighted by molar-refractivity contribution is 5.75. The maximum Gasteiger partial charge on any atom is 0.407 e. The van der Waals surface area contributed by atoms with E-state index in [2.05, 4.69) is 11.9 Å². The van der Waals surface area contributed by atoms with Crippen LogP contribution in [0.25, 0.3) is 0 Å². The van der Waals surface area contributed by atoms with Gasteiger partial charge in [0.2, 0.25) is 0 Å². The molecule has 2 rings (SSSR count). The van der Waals surface area contributed by atoms with Crippen LogP contribution in [0.5, 0.6) is 0 Å². The van der Waals surface area contributed by atoms with E-state index in [1.807, 2.05) is 0 Å². The highest BCUT2D eigenvalue weighted by Gasteiger charge is 2.61. The number of rotatable bonds is 4. The lowest BCUT2D eigenvalue weighted by Gasteiger charge is -2.59.